The lowest BCUT2D eigenvalue weighted by Gasteiger charge is -2.38. The molecule has 2 aromatic rings. The number of rotatable bonds is 8. The minimum absolute atomic E-state index is 0. The highest BCUT2D eigenvalue weighted by molar-refractivity contribution is 5.85. The van der Waals surface area contributed by atoms with E-state index in [2.05, 4.69) is 10.2 Å². The van der Waals surface area contributed by atoms with Crippen molar-refractivity contribution in [2.45, 2.75) is 50.6 Å². The first-order chi connectivity index (χ1) is 18.8. The predicted molar refractivity (Wildman–Crippen MR) is 152 cm³/mol. The Labute approximate surface area is 241 Å². The van der Waals surface area contributed by atoms with Crippen molar-refractivity contribution in [2.75, 3.05) is 46.4 Å². The molecule has 3 amide bonds. The summed E-state index contributed by atoms with van der Waals surface area (Å²) in [7, 11) is 1.64. The van der Waals surface area contributed by atoms with Crippen LogP contribution in [0.3, 0.4) is 0 Å². The van der Waals surface area contributed by atoms with Gasteiger partial charge in [0.2, 0.25) is 5.91 Å². The van der Waals surface area contributed by atoms with E-state index in [1.807, 2.05) is 59.5 Å². The zero-order valence-electron chi connectivity index (χ0n) is 23.0. The van der Waals surface area contributed by atoms with Gasteiger partial charge in [0, 0.05) is 32.6 Å². The Hall–Kier alpha value is -2.91. The van der Waals surface area contributed by atoms with E-state index in [4.69, 9.17) is 4.74 Å². The zero-order chi connectivity index (χ0) is 27.5. The van der Waals surface area contributed by atoms with E-state index in [9.17, 15) is 18.4 Å². The Balaban J connectivity index is 0.00000370. The molecule has 3 fully saturated rings. The minimum atomic E-state index is -2.81. The van der Waals surface area contributed by atoms with Crippen molar-refractivity contribution in [3.8, 4) is 5.75 Å². The number of hydrogen-bond acceptors (Lipinski definition) is 4. The number of ether oxygens (including phenoxy) is 1. The second-order valence-corrected chi connectivity index (χ2v) is 11.2. The molecule has 3 aliphatic rings. The standard InChI is InChI=1S/C30H38F2N4O3.ClH/c1-39-25-9-7-23(8-10-25)21-35-19-14-29(27(35)37)12-17-34(18-13-29)16-11-26(24-5-3-2-4-6-24)33-28(38)36-20-15-30(31,32)22-36;/h2-10,26H,11-22H2,1H3,(H,33,38);1H/t26-;/m0./s1. The number of nitrogens with zero attached hydrogens (tertiary/aromatic N) is 3. The summed E-state index contributed by atoms with van der Waals surface area (Å²) in [6, 6.07) is 16.9. The average Bonchev–Trinajstić information content (AvgIpc) is 3.47. The fourth-order valence-corrected chi connectivity index (χ4v) is 6.13. The van der Waals surface area contributed by atoms with E-state index < -0.39 is 18.5 Å². The maximum atomic E-state index is 13.7. The third-order valence-electron chi connectivity index (χ3n) is 8.64. The number of likely N-dealkylation sites (tertiary alicyclic amines) is 3. The molecule has 0 saturated carbocycles. The van der Waals surface area contributed by atoms with Crippen LogP contribution in [0.4, 0.5) is 13.6 Å². The number of urea groups is 1. The molecule has 5 rings (SSSR count). The van der Waals surface area contributed by atoms with Gasteiger partial charge in [-0.2, -0.15) is 0 Å². The highest BCUT2D eigenvalue weighted by Crippen LogP contribution is 2.42. The summed E-state index contributed by atoms with van der Waals surface area (Å²) >= 11 is 0. The number of benzene rings is 2. The molecule has 40 heavy (non-hydrogen) atoms. The third kappa shape index (κ3) is 6.86. The quantitative estimate of drug-likeness (QED) is 0.474. The number of carbonyl (C=O) groups is 2. The van der Waals surface area contributed by atoms with Crippen LogP contribution in [-0.4, -0.2) is 78.9 Å². The summed E-state index contributed by atoms with van der Waals surface area (Å²) < 4.78 is 32.6. The van der Waals surface area contributed by atoms with Gasteiger partial charge in [-0.15, -0.1) is 12.4 Å². The Morgan fingerprint density at radius 3 is 2.27 bits per heavy atom. The largest absolute Gasteiger partial charge is 0.497 e. The minimum Gasteiger partial charge on any atom is -0.497 e. The number of nitrogens with one attached hydrogen (secondary N) is 1. The molecule has 3 saturated heterocycles. The van der Waals surface area contributed by atoms with Crippen molar-refractivity contribution in [3.05, 3.63) is 65.7 Å². The lowest BCUT2D eigenvalue weighted by atomic mass is 9.77. The summed E-state index contributed by atoms with van der Waals surface area (Å²) in [5, 5.41) is 3.00. The molecule has 0 aromatic heterocycles. The van der Waals surface area contributed by atoms with Gasteiger partial charge in [-0.25, -0.2) is 13.6 Å². The van der Waals surface area contributed by atoms with Crippen LogP contribution in [0.5, 0.6) is 5.75 Å². The molecule has 3 aliphatic heterocycles. The first-order valence-electron chi connectivity index (χ1n) is 13.9. The number of halogens is 3. The maximum Gasteiger partial charge on any atom is 0.318 e. The second-order valence-electron chi connectivity index (χ2n) is 11.2. The number of amides is 3. The summed E-state index contributed by atoms with van der Waals surface area (Å²) in [4.78, 5) is 31.8. The molecule has 1 spiro atoms. The van der Waals surface area contributed by atoms with Gasteiger partial charge in [-0.05, 0) is 62.0 Å². The van der Waals surface area contributed by atoms with Crippen molar-refractivity contribution in [3.63, 3.8) is 0 Å². The first-order valence-corrected chi connectivity index (χ1v) is 13.9. The number of carbonyl (C=O) groups excluding carboxylic acids is 2. The molecule has 0 bridgehead atoms. The summed E-state index contributed by atoms with van der Waals surface area (Å²) in [6.07, 6.45) is 2.93. The van der Waals surface area contributed by atoms with Gasteiger partial charge in [0.25, 0.3) is 5.92 Å². The van der Waals surface area contributed by atoms with Gasteiger partial charge in [-0.1, -0.05) is 42.5 Å². The van der Waals surface area contributed by atoms with E-state index in [0.717, 1.165) is 62.3 Å². The number of hydrogen-bond donors (Lipinski definition) is 1. The molecule has 1 atom stereocenters. The molecule has 2 aromatic carbocycles. The number of alkyl halides is 2. The van der Waals surface area contributed by atoms with Crippen molar-refractivity contribution in [2.24, 2.45) is 5.41 Å². The van der Waals surface area contributed by atoms with Gasteiger partial charge in [0.05, 0.1) is 25.1 Å². The second kappa shape index (κ2) is 12.7. The van der Waals surface area contributed by atoms with Crippen molar-refractivity contribution >= 4 is 24.3 Å². The molecule has 3 heterocycles. The Morgan fingerprint density at radius 1 is 0.975 bits per heavy atom. The van der Waals surface area contributed by atoms with Crippen LogP contribution in [-0.2, 0) is 11.3 Å². The van der Waals surface area contributed by atoms with Gasteiger partial charge in [-0.3, -0.25) is 4.79 Å². The van der Waals surface area contributed by atoms with Crippen LogP contribution < -0.4 is 10.1 Å². The highest BCUT2D eigenvalue weighted by Gasteiger charge is 2.48. The third-order valence-corrected chi connectivity index (χ3v) is 8.64. The van der Waals surface area contributed by atoms with E-state index >= 15 is 0 Å². The Bertz CT molecular complexity index is 1140. The summed E-state index contributed by atoms with van der Waals surface area (Å²) in [6.45, 7) is 3.36. The molecule has 218 valence electrons. The molecule has 10 heteroatoms. The van der Waals surface area contributed by atoms with E-state index in [1.54, 1.807) is 7.11 Å². The van der Waals surface area contributed by atoms with E-state index in [1.165, 1.54) is 4.90 Å². The lowest BCUT2D eigenvalue weighted by molar-refractivity contribution is -0.138. The molecule has 0 aliphatic carbocycles. The smallest absolute Gasteiger partial charge is 0.318 e. The van der Waals surface area contributed by atoms with E-state index in [0.29, 0.717) is 13.0 Å². The van der Waals surface area contributed by atoms with Crippen LogP contribution in [0.1, 0.15) is 49.3 Å². The fourth-order valence-electron chi connectivity index (χ4n) is 6.13. The first kappa shape index (κ1) is 30.1. The van der Waals surface area contributed by atoms with Crippen molar-refractivity contribution in [1.29, 1.82) is 0 Å². The average molecular weight is 577 g/mol. The van der Waals surface area contributed by atoms with Crippen LogP contribution in [0.15, 0.2) is 54.6 Å². The van der Waals surface area contributed by atoms with Crippen LogP contribution in [0.2, 0.25) is 0 Å². The molecule has 7 nitrogen and oxygen atoms in total. The SMILES string of the molecule is COc1ccc(CN2CCC3(CCN(CC[C@H](NC(=O)N4CCC(F)(F)C4)c4ccccc4)CC3)C2=O)cc1.Cl. The van der Waals surface area contributed by atoms with Gasteiger partial charge >= 0.3 is 6.03 Å². The van der Waals surface area contributed by atoms with Gasteiger partial charge < -0.3 is 24.8 Å². The Morgan fingerprint density at radius 2 is 1.65 bits per heavy atom. The lowest BCUT2D eigenvalue weighted by Crippen LogP contribution is -2.46. The molecule has 0 unspecified atom stereocenters. The maximum absolute atomic E-state index is 13.7. The van der Waals surface area contributed by atoms with Crippen molar-refractivity contribution < 1.29 is 23.1 Å². The predicted octanol–water partition coefficient (Wildman–Crippen LogP) is 5.11. The summed E-state index contributed by atoms with van der Waals surface area (Å²) in [5.41, 5.74) is 1.78. The van der Waals surface area contributed by atoms with Crippen LogP contribution in [0.25, 0.3) is 0 Å². The van der Waals surface area contributed by atoms with Gasteiger partial charge in [0.1, 0.15) is 5.75 Å². The molecule has 0 radical (unpaired) electrons. The normalized spacial score (nSPS) is 20.8. The monoisotopic (exact) mass is 576 g/mol. The topological polar surface area (TPSA) is 65.1 Å². The zero-order valence-corrected chi connectivity index (χ0v) is 23.8. The summed E-state index contributed by atoms with van der Waals surface area (Å²) in [5.74, 6) is -1.75. The van der Waals surface area contributed by atoms with Crippen LogP contribution >= 0.6 is 12.4 Å². The molecule has 1 N–H and O–H groups in total. The van der Waals surface area contributed by atoms with Gasteiger partial charge in [0.15, 0.2) is 0 Å². The van der Waals surface area contributed by atoms with Crippen LogP contribution in [0, 0.1) is 5.41 Å². The molecular weight excluding hydrogens is 538 g/mol. The Kier molecular flexibility index (Phi) is 9.56. The fraction of sp³-hybridized carbons (Fsp3) is 0.533. The highest BCUT2D eigenvalue weighted by atomic mass is 35.5. The van der Waals surface area contributed by atoms with E-state index in [-0.39, 0.29) is 42.7 Å². The van der Waals surface area contributed by atoms with Crippen molar-refractivity contribution in [1.82, 2.24) is 20.0 Å². The molecular formula is C30H39ClF2N4O3. The number of methoxy groups -OCH3 is 1. The number of piperidine rings is 1.